The minimum Gasteiger partial charge on any atom is -0.225 e. The van der Waals surface area contributed by atoms with Crippen LogP contribution in [0.25, 0.3) is 5.57 Å². The summed E-state index contributed by atoms with van der Waals surface area (Å²) in [6, 6.07) is 14.8. The van der Waals surface area contributed by atoms with E-state index in [9.17, 15) is 12.8 Å². The molecule has 0 atom stereocenters. The molecule has 2 N–H and O–H groups in total. The molecule has 0 unspecified atom stereocenters. The van der Waals surface area contributed by atoms with Gasteiger partial charge in [-0.25, -0.2) is 17.9 Å². The van der Waals surface area contributed by atoms with E-state index in [2.05, 4.69) is 20.8 Å². The number of allylic oxidation sites excluding steroid dienone is 2. The number of rotatable bonds is 2. The van der Waals surface area contributed by atoms with Crippen LogP contribution in [-0.2, 0) is 10.0 Å². The van der Waals surface area contributed by atoms with Crippen LogP contribution in [0.3, 0.4) is 0 Å². The van der Waals surface area contributed by atoms with Gasteiger partial charge in [-0.05, 0) is 60.6 Å². The molecule has 0 amide bonds. The normalized spacial score (nSPS) is 16.4. The molecule has 1 aliphatic rings. The molecule has 3 nitrogen and oxygen atoms in total. The summed E-state index contributed by atoms with van der Waals surface area (Å²) < 4.78 is 34.3. The Hall–Kier alpha value is -1.98. The van der Waals surface area contributed by atoms with E-state index in [1.54, 1.807) is 30.3 Å². The molecule has 25 heavy (non-hydrogen) atoms. The highest BCUT2D eigenvalue weighted by Gasteiger charge is 2.29. The highest BCUT2D eigenvalue weighted by molar-refractivity contribution is 7.89. The molecular weight excluding hydrogens is 337 g/mol. The van der Waals surface area contributed by atoms with E-state index in [1.807, 2.05) is 12.1 Å². The molecule has 0 heterocycles. The van der Waals surface area contributed by atoms with Crippen molar-refractivity contribution in [1.29, 1.82) is 0 Å². The molecule has 0 aromatic heterocycles. The molecule has 2 aromatic carbocycles. The Bertz CT molecular complexity index is 854. The molecule has 0 radical (unpaired) electrons. The Morgan fingerprint density at radius 2 is 1.52 bits per heavy atom. The minimum atomic E-state index is -3.60. The van der Waals surface area contributed by atoms with Gasteiger partial charge in [0.1, 0.15) is 5.82 Å². The van der Waals surface area contributed by atoms with Crippen LogP contribution in [0.15, 0.2) is 65.1 Å². The van der Waals surface area contributed by atoms with Gasteiger partial charge in [-0.2, -0.15) is 0 Å². The van der Waals surface area contributed by atoms with Crippen molar-refractivity contribution in [3.05, 3.63) is 71.6 Å². The average molecular weight is 361 g/mol. The maximum atomic E-state index is 11.9. The molecule has 5 heteroatoms. The first-order valence-electron chi connectivity index (χ1n) is 8.11. The van der Waals surface area contributed by atoms with Gasteiger partial charge in [-0.15, -0.1) is 0 Å². The largest absolute Gasteiger partial charge is 0.238 e. The first kappa shape index (κ1) is 19.3. The van der Waals surface area contributed by atoms with Gasteiger partial charge in [0.05, 0.1) is 4.90 Å². The number of nitrogens with two attached hydrogens (primary N) is 1. The first-order chi connectivity index (χ1) is 11.6. The van der Waals surface area contributed by atoms with Crippen LogP contribution in [-0.4, -0.2) is 8.42 Å². The standard InChI is InChI=1S/C14H19NO2S.C6H5F/c1-10-8-14(2,3)9-13(10)11-4-6-12(7-5-11)18(15,16)17;7-6-4-2-1-3-5-6/h4-7H,8-9H2,1-3H3,(H2,15,16,17);1-5H. The van der Waals surface area contributed by atoms with E-state index < -0.39 is 10.0 Å². The summed E-state index contributed by atoms with van der Waals surface area (Å²) >= 11 is 0. The Balaban J connectivity index is 0.000000269. The van der Waals surface area contributed by atoms with E-state index >= 15 is 0 Å². The number of hydrogen-bond donors (Lipinski definition) is 1. The molecule has 2 aromatic rings. The fraction of sp³-hybridized carbons (Fsp3) is 0.300. The van der Waals surface area contributed by atoms with Gasteiger partial charge in [-0.1, -0.05) is 49.8 Å². The maximum absolute atomic E-state index is 11.9. The predicted octanol–water partition coefficient (Wildman–Crippen LogP) is 4.75. The van der Waals surface area contributed by atoms with E-state index in [-0.39, 0.29) is 10.7 Å². The maximum Gasteiger partial charge on any atom is 0.238 e. The molecule has 134 valence electrons. The fourth-order valence-corrected chi connectivity index (χ4v) is 3.64. The second-order valence-corrected chi connectivity index (χ2v) is 8.70. The Morgan fingerprint density at radius 1 is 0.960 bits per heavy atom. The van der Waals surface area contributed by atoms with Gasteiger partial charge in [0.2, 0.25) is 10.0 Å². The van der Waals surface area contributed by atoms with Gasteiger partial charge in [0.15, 0.2) is 0 Å². The number of halogens is 1. The minimum absolute atomic E-state index is 0.168. The molecule has 0 bridgehead atoms. The van der Waals surface area contributed by atoms with Crippen LogP contribution in [0, 0.1) is 11.2 Å². The quantitative estimate of drug-likeness (QED) is 0.839. The summed E-state index contributed by atoms with van der Waals surface area (Å²) in [7, 11) is -3.60. The number of hydrogen-bond acceptors (Lipinski definition) is 2. The van der Waals surface area contributed by atoms with Crippen molar-refractivity contribution in [2.24, 2.45) is 10.6 Å². The van der Waals surface area contributed by atoms with Crippen LogP contribution in [0.5, 0.6) is 0 Å². The van der Waals surface area contributed by atoms with Crippen LogP contribution in [0.1, 0.15) is 39.2 Å². The van der Waals surface area contributed by atoms with Crippen LogP contribution in [0.2, 0.25) is 0 Å². The van der Waals surface area contributed by atoms with Crippen molar-refractivity contribution in [1.82, 2.24) is 0 Å². The highest BCUT2D eigenvalue weighted by Crippen LogP contribution is 2.45. The summed E-state index contributed by atoms with van der Waals surface area (Å²) in [4.78, 5) is 0.168. The lowest BCUT2D eigenvalue weighted by Gasteiger charge is -2.17. The molecule has 0 saturated heterocycles. The molecule has 0 fully saturated rings. The third-order valence-corrected chi connectivity index (χ3v) is 5.11. The zero-order chi connectivity index (χ0) is 18.7. The molecule has 3 rings (SSSR count). The topological polar surface area (TPSA) is 60.2 Å². The van der Waals surface area contributed by atoms with E-state index in [1.165, 1.54) is 23.3 Å². The second-order valence-electron chi connectivity index (χ2n) is 7.14. The summed E-state index contributed by atoms with van der Waals surface area (Å²) in [6.45, 7) is 6.65. The van der Waals surface area contributed by atoms with Crippen molar-refractivity contribution < 1.29 is 12.8 Å². The van der Waals surface area contributed by atoms with Crippen molar-refractivity contribution in [2.45, 2.75) is 38.5 Å². The monoisotopic (exact) mass is 361 g/mol. The Labute approximate surface area is 149 Å². The van der Waals surface area contributed by atoms with Gasteiger partial charge in [-0.3, -0.25) is 0 Å². The van der Waals surface area contributed by atoms with E-state index in [0.717, 1.165) is 18.4 Å². The van der Waals surface area contributed by atoms with E-state index in [4.69, 9.17) is 5.14 Å². The summed E-state index contributed by atoms with van der Waals surface area (Å²) in [5, 5.41) is 5.09. The van der Waals surface area contributed by atoms with Gasteiger partial charge >= 0.3 is 0 Å². The molecule has 0 spiro atoms. The first-order valence-corrected chi connectivity index (χ1v) is 9.65. The fourth-order valence-electron chi connectivity index (χ4n) is 3.13. The molecule has 0 aliphatic heterocycles. The van der Waals surface area contributed by atoms with Gasteiger partial charge in [0, 0.05) is 0 Å². The zero-order valence-electron chi connectivity index (χ0n) is 14.8. The van der Waals surface area contributed by atoms with Crippen LogP contribution in [0.4, 0.5) is 4.39 Å². The summed E-state index contributed by atoms with van der Waals surface area (Å²) in [5.74, 6) is -0.178. The third kappa shape index (κ3) is 5.51. The van der Waals surface area contributed by atoms with Crippen molar-refractivity contribution in [3.8, 4) is 0 Å². The van der Waals surface area contributed by atoms with Gasteiger partial charge < -0.3 is 0 Å². The number of sulfonamides is 1. The Morgan fingerprint density at radius 3 is 1.88 bits per heavy atom. The summed E-state index contributed by atoms with van der Waals surface area (Å²) in [6.07, 6.45) is 2.13. The second kappa shape index (κ2) is 7.50. The Kier molecular flexibility index (Phi) is 5.80. The zero-order valence-corrected chi connectivity index (χ0v) is 15.6. The summed E-state index contributed by atoms with van der Waals surface area (Å²) in [5.41, 5.74) is 4.13. The lowest BCUT2D eigenvalue weighted by atomic mass is 9.88. The lowest BCUT2D eigenvalue weighted by molar-refractivity contribution is 0.397. The van der Waals surface area contributed by atoms with E-state index in [0.29, 0.717) is 5.41 Å². The predicted molar refractivity (Wildman–Crippen MR) is 99.8 cm³/mol. The smallest absolute Gasteiger partial charge is 0.225 e. The van der Waals surface area contributed by atoms with Crippen molar-refractivity contribution in [2.75, 3.05) is 0 Å². The number of benzene rings is 2. The molecule has 1 aliphatic carbocycles. The van der Waals surface area contributed by atoms with Crippen LogP contribution >= 0.6 is 0 Å². The van der Waals surface area contributed by atoms with Gasteiger partial charge in [0.25, 0.3) is 0 Å². The third-order valence-electron chi connectivity index (χ3n) is 4.18. The molecular formula is C20H24FNO2S. The van der Waals surface area contributed by atoms with Crippen molar-refractivity contribution in [3.63, 3.8) is 0 Å². The molecule has 0 saturated carbocycles. The highest BCUT2D eigenvalue weighted by atomic mass is 32.2. The average Bonchev–Trinajstić information content (AvgIpc) is 2.81. The van der Waals surface area contributed by atoms with Crippen LogP contribution < -0.4 is 5.14 Å². The van der Waals surface area contributed by atoms with Crippen molar-refractivity contribution >= 4 is 15.6 Å². The SMILES string of the molecule is CC1=C(c2ccc(S(N)(=O)=O)cc2)CC(C)(C)C1.Fc1ccccc1. The lowest BCUT2D eigenvalue weighted by Crippen LogP contribution is -2.11. The number of primary sulfonamides is 1.